The molecule has 8 heteroatoms. The van der Waals surface area contributed by atoms with Crippen LogP contribution in [0.4, 0.5) is 5.95 Å². The lowest BCUT2D eigenvalue weighted by molar-refractivity contribution is 0.109. The predicted molar refractivity (Wildman–Crippen MR) is 135 cm³/mol. The van der Waals surface area contributed by atoms with E-state index in [1.165, 1.54) is 19.3 Å². The van der Waals surface area contributed by atoms with Crippen molar-refractivity contribution in [3.05, 3.63) is 42.5 Å². The smallest absolute Gasteiger partial charge is 0.226 e. The van der Waals surface area contributed by atoms with E-state index in [-0.39, 0.29) is 0 Å². The summed E-state index contributed by atoms with van der Waals surface area (Å²) in [6.45, 7) is 6.38. The Morgan fingerprint density at radius 1 is 0.971 bits per heavy atom. The topological polar surface area (TPSA) is 76.8 Å². The molecule has 3 heterocycles. The van der Waals surface area contributed by atoms with Crippen LogP contribution >= 0.6 is 0 Å². The number of hydrogen-bond acceptors (Lipinski definition) is 7. The Balaban J connectivity index is 1.55. The summed E-state index contributed by atoms with van der Waals surface area (Å²) >= 11 is 0. The Labute approximate surface area is 199 Å². The number of methoxy groups -OCH3 is 2. The molecule has 0 radical (unpaired) electrons. The zero-order valence-corrected chi connectivity index (χ0v) is 20.3. The Bertz CT molecular complexity index is 1280. The van der Waals surface area contributed by atoms with Gasteiger partial charge in [0.25, 0.3) is 0 Å². The highest BCUT2D eigenvalue weighted by Crippen LogP contribution is 2.34. The monoisotopic (exact) mass is 460 g/mol. The number of hydrogen-bond donors (Lipinski definition) is 1. The Kier molecular flexibility index (Phi) is 6.24. The minimum absolute atomic E-state index is 0.600. The third-order valence-electron chi connectivity index (χ3n) is 6.84. The number of anilines is 1. The maximum atomic E-state index is 5.54. The molecule has 2 atom stereocenters. The van der Waals surface area contributed by atoms with Crippen molar-refractivity contribution in [2.75, 3.05) is 32.6 Å². The zero-order valence-electron chi connectivity index (χ0n) is 20.3. The summed E-state index contributed by atoms with van der Waals surface area (Å²) in [6, 6.07) is 15.0. The molecule has 2 aromatic carbocycles. The second kappa shape index (κ2) is 9.46. The van der Waals surface area contributed by atoms with E-state index in [2.05, 4.69) is 24.1 Å². The summed E-state index contributed by atoms with van der Waals surface area (Å²) in [5.41, 5.74) is 2.47. The fourth-order valence-corrected chi connectivity index (χ4v) is 4.97. The van der Waals surface area contributed by atoms with Gasteiger partial charge >= 0.3 is 0 Å². The van der Waals surface area contributed by atoms with Crippen LogP contribution in [-0.2, 0) is 0 Å². The summed E-state index contributed by atoms with van der Waals surface area (Å²) in [5, 5.41) is 9.21. The van der Waals surface area contributed by atoms with Gasteiger partial charge in [0.05, 0.1) is 19.7 Å². The standard InChI is InChI=1S/C26H32N6O2/c1-17-9-8-10-18(2)31(17)14-13-27-26-28-21-16-23(34-4)22(33-3)15-20(21)25-29-24(30-32(25)26)19-11-6-5-7-12-19/h5-7,11-12,15-18H,8-10,13-14H2,1-4H3,(H,27,28)/t17-,18+. The van der Waals surface area contributed by atoms with Crippen LogP contribution in [-0.4, -0.2) is 63.9 Å². The second-order valence-corrected chi connectivity index (χ2v) is 8.99. The molecule has 0 spiro atoms. The van der Waals surface area contributed by atoms with Crippen LogP contribution in [0, 0.1) is 0 Å². The Hall–Kier alpha value is -3.39. The maximum Gasteiger partial charge on any atom is 0.226 e. The van der Waals surface area contributed by atoms with Crippen molar-refractivity contribution in [3.63, 3.8) is 0 Å². The highest BCUT2D eigenvalue weighted by atomic mass is 16.5. The lowest BCUT2D eigenvalue weighted by Crippen LogP contribution is -2.45. The van der Waals surface area contributed by atoms with E-state index in [9.17, 15) is 0 Å². The molecule has 0 saturated carbocycles. The molecule has 34 heavy (non-hydrogen) atoms. The quantitative estimate of drug-likeness (QED) is 0.431. The molecule has 0 unspecified atom stereocenters. The molecule has 8 nitrogen and oxygen atoms in total. The van der Waals surface area contributed by atoms with Crippen molar-refractivity contribution in [2.24, 2.45) is 0 Å². The van der Waals surface area contributed by atoms with Crippen LogP contribution < -0.4 is 14.8 Å². The first-order chi connectivity index (χ1) is 16.6. The molecule has 2 aromatic heterocycles. The van der Waals surface area contributed by atoms with Gasteiger partial charge in [0.1, 0.15) is 0 Å². The molecule has 0 aliphatic carbocycles. The van der Waals surface area contributed by atoms with Gasteiger partial charge in [0, 0.05) is 42.2 Å². The number of likely N-dealkylation sites (tertiary alicyclic amines) is 1. The van der Waals surface area contributed by atoms with Gasteiger partial charge in [-0.15, -0.1) is 5.10 Å². The molecular formula is C26H32N6O2. The molecule has 0 bridgehead atoms. The predicted octanol–water partition coefficient (Wildman–Crippen LogP) is 4.64. The summed E-state index contributed by atoms with van der Waals surface area (Å²) in [5.74, 6) is 2.60. The SMILES string of the molecule is COc1cc2nc(NCCN3[C@H](C)CCC[C@@H]3C)n3nc(-c4ccccc4)nc3c2cc1OC. The van der Waals surface area contributed by atoms with Gasteiger partial charge in [-0.1, -0.05) is 36.8 Å². The number of fused-ring (bicyclic) bond motifs is 3. The van der Waals surface area contributed by atoms with E-state index in [1.54, 1.807) is 18.7 Å². The van der Waals surface area contributed by atoms with Gasteiger partial charge in [0.2, 0.25) is 5.95 Å². The minimum atomic E-state index is 0.600. The van der Waals surface area contributed by atoms with E-state index < -0.39 is 0 Å². The number of aromatic nitrogens is 4. The Morgan fingerprint density at radius 3 is 2.38 bits per heavy atom. The minimum Gasteiger partial charge on any atom is -0.493 e. The van der Waals surface area contributed by atoms with Crippen molar-refractivity contribution >= 4 is 22.5 Å². The van der Waals surface area contributed by atoms with Gasteiger partial charge in [-0.25, -0.2) is 9.97 Å². The molecule has 5 rings (SSSR count). The number of benzene rings is 2. The zero-order chi connectivity index (χ0) is 23.7. The fourth-order valence-electron chi connectivity index (χ4n) is 4.97. The van der Waals surface area contributed by atoms with E-state index in [0.717, 1.165) is 35.2 Å². The third kappa shape index (κ3) is 4.14. The highest BCUT2D eigenvalue weighted by molar-refractivity contribution is 5.95. The van der Waals surface area contributed by atoms with Gasteiger partial charge in [-0.05, 0) is 32.8 Å². The lowest BCUT2D eigenvalue weighted by Gasteiger charge is -2.39. The first-order valence-electron chi connectivity index (χ1n) is 12.0. The summed E-state index contributed by atoms with van der Waals surface area (Å²) < 4.78 is 12.9. The second-order valence-electron chi connectivity index (χ2n) is 8.99. The number of nitrogens with zero attached hydrogens (tertiary/aromatic N) is 5. The van der Waals surface area contributed by atoms with Crippen LogP contribution in [0.5, 0.6) is 11.5 Å². The molecule has 1 aliphatic rings. The molecule has 1 fully saturated rings. The van der Waals surface area contributed by atoms with Gasteiger partial charge in [-0.2, -0.15) is 4.52 Å². The maximum absolute atomic E-state index is 5.54. The van der Waals surface area contributed by atoms with Crippen LogP contribution in [0.3, 0.4) is 0 Å². The van der Waals surface area contributed by atoms with E-state index in [0.29, 0.717) is 35.4 Å². The van der Waals surface area contributed by atoms with Crippen LogP contribution in [0.1, 0.15) is 33.1 Å². The van der Waals surface area contributed by atoms with Crippen molar-refractivity contribution in [1.82, 2.24) is 24.5 Å². The number of ether oxygens (including phenoxy) is 2. The third-order valence-corrected chi connectivity index (χ3v) is 6.84. The molecule has 1 aliphatic heterocycles. The molecule has 178 valence electrons. The molecule has 4 aromatic rings. The summed E-state index contributed by atoms with van der Waals surface area (Å²) in [4.78, 5) is 12.4. The fraction of sp³-hybridized carbons (Fsp3) is 0.423. The van der Waals surface area contributed by atoms with E-state index in [1.807, 2.05) is 42.5 Å². The molecular weight excluding hydrogens is 428 g/mol. The largest absolute Gasteiger partial charge is 0.493 e. The van der Waals surface area contributed by atoms with Gasteiger partial charge in [-0.3, -0.25) is 4.90 Å². The van der Waals surface area contributed by atoms with Crippen LogP contribution in [0.25, 0.3) is 27.9 Å². The summed E-state index contributed by atoms with van der Waals surface area (Å²) in [7, 11) is 3.26. The highest BCUT2D eigenvalue weighted by Gasteiger charge is 2.24. The number of nitrogens with one attached hydrogen (secondary N) is 1. The van der Waals surface area contributed by atoms with Crippen molar-refractivity contribution in [1.29, 1.82) is 0 Å². The van der Waals surface area contributed by atoms with Crippen molar-refractivity contribution in [3.8, 4) is 22.9 Å². The molecule has 0 amide bonds. The average molecular weight is 461 g/mol. The van der Waals surface area contributed by atoms with Gasteiger partial charge in [0.15, 0.2) is 23.0 Å². The van der Waals surface area contributed by atoms with Gasteiger partial charge < -0.3 is 14.8 Å². The molecule has 1 N–H and O–H groups in total. The van der Waals surface area contributed by atoms with E-state index >= 15 is 0 Å². The van der Waals surface area contributed by atoms with Crippen LogP contribution in [0.15, 0.2) is 42.5 Å². The number of piperidine rings is 1. The van der Waals surface area contributed by atoms with Crippen molar-refractivity contribution in [2.45, 2.75) is 45.2 Å². The Morgan fingerprint density at radius 2 is 1.68 bits per heavy atom. The summed E-state index contributed by atoms with van der Waals surface area (Å²) in [6.07, 6.45) is 3.83. The van der Waals surface area contributed by atoms with E-state index in [4.69, 9.17) is 24.5 Å². The number of rotatable bonds is 7. The average Bonchev–Trinajstić information content (AvgIpc) is 3.31. The first-order valence-corrected chi connectivity index (χ1v) is 12.0. The van der Waals surface area contributed by atoms with Crippen molar-refractivity contribution < 1.29 is 9.47 Å². The normalized spacial score (nSPS) is 18.9. The molecule has 1 saturated heterocycles. The van der Waals surface area contributed by atoms with Crippen LogP contribution in [0.2, 0.25) is 0 Å². The first kappa shape index (κ1) is 22.4. The lowest BCUT2D eigenvalue weighted by atomic mass is 9.98.